The van der Waals surface area contributed by atoms with Crippen LogP contribution in [0.5, 0.6) is 11.5 Å². The molecule has 5 heterocycles. The van der Waals surface area contributed by atoms with Gasteiger partial charge in [-0.1, -0.05) is 146 Å². The molecule has 2 aromatic heterocycles. The number of para-hydroxylation sites is 3. The summed E-state index contributed by atoms with van der Waals surface area (Å²) in [6.07, 6.45) is 1.89. The summed E-state index contributed by atoms with van der Waals surface area (Å²) in [7, 11) is -3.70. The van der Waals surface area contributed by atoms with Gasteiger partial charge in [0.1, 0.15) is 5.82 Å². The van der Waals surface area contributed by atoms with E-state index in [0.29, 0.717) is 11.5 Å². The van der Waals surface area contributed by atoms with E-state index in [1.165, 1.54) is 5.56 Å². The molecule has 382 valence electrons. The van der Waals surface area contributed by atoms with E-state index in [-0.39, 0.29) is 47.7 Å². The maximum atomic E-state index is 6.76. The summed E-state index contributed by atoms with van der Waals surface area (Å²) >= 11 is 0. The van der Waals surface area contributed by atoms with Crippen molar-refractivity contribution in [2.24, 2.45) is 0 Å². The monoisotopic (exact) mass is 1170 g/mol. The molecule has 0 saturated carbocycles. The molecule has 10 rings (SSSR count). The van der Waals surface area contributed by atoms with Crippen molar-refractivity contribution in [3.8, 4) is 17.3 Å². The summed E-state index contributed by atoms with van der Waals surface area (Å²) in [5.41, 5.74) is 8.25. The molecular weight excluding hydrogens is 1100 g/mol. The van der Waals surface area contributed by atoms with Crippen molar-refractivity contribution in [1.29, 1.82) is 0 Å². The quantitative estimate of drug-likeness (QED) is 0.114. The molecule has 74 heavy (non-hydrogen) atoms. The number of benzene rings is 5. The van der Waals surface area contributed by atoms with Crippen LogP contribution in [0.4, 0.5) is 22.7 Å². The Morgan fingerprint density at radius 3 is 1.59 bits per heavy atom. The van der Waals surface area contributed by atoms with Crippen molar-refractivity contribution in [3.05, 3.63) is 140 Å². The van der Waals surface area contributed by atoms with Gasteiger partial charge in [0.2, 0.25) is 0 Å². The fourth-order valence-corrected chi connectivity index (χ4v) is 9.33. The van der Waals surface area contributed by atoms with Gasteiger partial charge in [-0.3, -0.25) is 0 Å². The number of hydrogen-bond donors (Lipinski definition) is 0. The first-order chi connectivity index (χ1) is 34.3. The zero-order valence-electron chi connectivity index (χ0n) is 45.5. The average molecular weight is 1170 g/mol. The zero-order valence-corrected chi connectivity index (χ0v) is 47.7. The number of nitrogens with zero attached hydrogens (tertiary/aromatic N) is 4. The minimum Gasteiger partial charge on any atom is -0.509 e. The average Bonchev–Trinajstić information content (AvgIpc) is 3.89. The smallest absolute Gasteiger partial charge is 0.466 e. The van der Waals surface area contributed by atoms with Crippen molar-refractivity contribution in [3.63, 3.8) is 0 Å². The Balaban J connectivity index is 0.00000672. The molecule has 0 spiro atoms. The van der Waals surface area contributed by atoms with E-state index >= 15 is 0 Å². The number of hydrogen-bond acceptors (Lipinski definition) is 10. The molecule has 0 N–H and O–H groups in total. The van der Waals surface area contributed by atoms with Gasteiger partial charge in [0.05, 0.1) is 0 Å². The Morgan fingerprint density at radius 1 is 0.514 bits per heavy atom. The molecule has 7 aromatic rings. The van der Waals surface area contributed by atoms with Gasteiger partial charge in [-0.05, 0) is 91.0 Å². The summed E-state index contributed by atoms with van der Waals surface area (Å²) < 4.78 is 48.9. The molecule has 0 aliphatic carbocycles. The number of rotatable bonds is 7. The van der Waals surface area contributed by atoms with E-state index < -0.39 is 42.7 Å². The third-order valence-corrected chi connectivity index (χ3v) is 13.4. The summed E-state index contributed by atoms with van der Waals surface area (Å²) in [4.78, 5) is 9.17. The summed E-state index contributed by atoms with van der Waals surface area (Å²) in [6.45, 7) is 34.2. The van der Waals surface area contributed by atoms with E-state index in [2.05, 4.69) is 216 Å². The van der Waals surface area contributed by atoms with E-state index in [4.69, 9.17) is 37.2 Å². The SMILES string of the molecule is CC(C)(C)B1OB(c2cc(B3OB(C(C)(C)C)OB(C(C)(C)C)O3)cc(N3[CH-]N(c4[c-]c(Oc5[c-]c6c(cc5)c5ccccc5n6-c5cc(C(C)(C)C)ccn5)ccc4)c4ccccc43)c2)OB(C(C)(C)C)O1.[Pt]. The molecule has 0 unspecified atom stereocenters. The predicted molar refractivity (Wildman–Crippen MR) is 302 cm³/mol. The van der Waals surface area contributed by atoms with E-state index in [9.17, 15) is 0 Å². The zero-order chi connectivity index (χ0) is 52.0. The van der Waals surface area contributed by atoms with Crippen molar-refractivity contribution in [2.75, 3.05) is 9.80 Å². The van der Waals surface area contributed by atoms with Crippen LogP contribution >= 0.6 is 0 Å². The van der Waals surface area contributed by atoms with Gasteiger partial charge in [0.15, 0.2) is 0 Å². The second-order valence-corrected chi connectivity index (χ2v) is 25.1. The van der Waals surface area contributed by atoms with Crippen LogP contribution in [-0.4, -0.2) is 52.3 Å². The topological polar surface area (TPSA) is 88.9 Å². The molecule has 5 aromatic carbocycles. The number of aromatic nitrogens is 2. The fourth-order valence-electron chi connectivity index (χ4n) is 9.33. The second kappa shape index (κ2) is 20.0. The van der Waals surface area contributed by atoms with Gasteiger partial charge in [-0.25, -0.2) is 4.98 Å². The maximum Gasteiger partial charge on any atom is 0.466 e. The van der Waals surface area contributed by atoms with Crippen molar-refractivity contribution < 1.29 is 53.2 Å². The van der Waals surface area contributed by atoms with E-state index in [0.717, 1.165) is 61.3 Å². The van der Waals surface area contributed by atoms with Crippen LogP contribution in [0.15, 0.2) is 115 Å². The Labute approximate surface area is 455 Å². The molecule has 2 fully saturated rings. The minimum atomic E-state index is -0.768. The number of anilines is 4. The summed E-state index contributed by atoms with van der Waals surface area (Å²) in [6, 6.07) is 44.6. The summed E-state index contributed by atoms with van der Waals surface area (Å²) in [5.74, 6) is 1.94. The molecular formula is C56H65B6N4O7Pt-3. The molecule has 0 radical (unpaired) electrons. The van der Waals surface area contributed by atoms with Gasteiger partial charge in [-0.2, -0.15) is 12.1 Å². The van der Waals surface area contributed by atoms with Gasteiger partial charge in [0, 0.05) is 61.3 Å². The first kappa shape index (κ1) is 54.1. The minimum absolute atomic E-state index is 0. The first-order valence-corrected chi connectivity index (χ1v) is 25.5. The molecule has 0 atom stereocenters. The Hall–Kier alpha value is -4.71. The number of pyridine rings is 1. The van der Waals surface area contributed by atoms with Crippen LogP contribution in [0.3, 0.4) is 0 Å². The fraction of sp³-hybridized carbons (Fsp3) is 0.357. The molecule has 3 aliphatic heterocycles. The largest absolute Gasteiger partial charge is 0.509 e. The van der Waals surface area contributed by atoms with Crippen molar-refractivity contribution in [2.45, 2.75) is 131 Å². The van der Waals surface area contributed by atoms with Crippen LogP contribution in [-0.2, 0) is 53.9 Å². The summed E-state index contributed by atoms with van der Waals surface area (Å²) in [5, 5.41) is 0.838. The van der Waals surface area contributed by atoms with Crippen LogP contribution in [0.25, 0.3) is 27.6 Å². The molecule has 2 saturated heterocycles. The maximum absolute atomic E-state index is 6.76. The molecule has 3 aliphatic rings. The third-order valence-electron chi connectivity index (χ3n) is 13.4. The Bertz CT molecular complexity index is 3070. The van der Waals surface area contributed by atoms with E-state index in [1.807, 2.05) is 36.5 Å². The van der Waals surface area contributed by atoms with Crippen molar-refractivity contribution >= 4 is 98.2 Å². The Kier molecular flexibility index (Phi) is 14.6. The van der Waals surface area contributed by atoms with Crippen LogP contribution < -0.4 is 25.5 Å². The standard InChI is InChI=1S/C56H65B6N4O7.Pt/c1-52(2,3)38-29-30-63-51(31-38)66-47-24-17-16-23-45(47)46-28-27-44(36-50(46)66)67-43-22-20-21-41(35-43)64-37-65(49-26-19-18-25-48(49)64)42-33-39(57-68-59(53(4,5)6)72-60(69-57)54(7,8)9)32-40(34-42)58-70-61(55(10,11)12)73-62(71-58)56(13,14)15;/h16-34,37H,1-15H3;/q-3;. The van der Waals surface area contributed by atoms with Gasteiger partial charge < -0.3 is 46.5 Å². The molecule has 11 nitrogen and oxygen atoms in total. The van der Waals surface area contributed by atoms with Gasteiger partial charge in [-0.15, -0.1) is 48.1 Å². The molecule has 18 heteroatoms. The van der Waals surface area contributed by atoms with Crippen LogP contribution in [0, 0.1) is 18.8 Å². The second-order valence-electron chi connectivity index (χ2n) is 25.1. The molecule has 0 bridgehead atoms. The van der Waals surface area contributed by atoms with Gasteiger partial charge >= 0.3 is 42.7 Å². The van der Waals surface area contributed by atoms with Crippen LogP contribution in [0.1, 0.15) is 109 Å². The normalized spacial score (nSPS) is 16.1. The Morgan fingerprint density at radius 2 is 1.04 bits per heavy atom. The van der Waals surface area contributed by atoms with Crippen LogP contribution in [0.2, 0.25) is 21.3 Å². The number of ether oxygens (including phenoxy) is 1. The predicted octanol–water partition coefficient (Wildman–Crippen LogP) is 12.9. The number of fused-ring (bicyclic) bond motifs is 4. The van der Waals surface area contributed by atoms with Gasteiger partial charge in [0.25, 0.3) is 0 Å². The van der Waals surface area contributed by atoms with E-state index in [1.54, 1.807) is 0 Å². The van der Waals surface area contributed by atoms with Crippen molar-refractivity contribution in [1.82, 2.24) is 9.55 Å². The molecule has 0 amide bonds. The first-order valence-electron chi connectivity index (χ1n) is 25.5. The third kappa shape index (κ3) is 11.0.